The summed E-state index contributed by atoms with van der Waals surface area (Å²) in [7, 11) is 1.82. The number of nitrogens with one attached hydrogen (secondary N) is 4. The minimum atomic E-state index is -0.917. The van der Waals surface area contributed by atoms with Gasteiger partial charge in [-0.2, -0.15) is 0 Å². The van der Waals surface area contributed by atoms with Crippen LogP contribution in [0.3, 0.4) is 0 Å². The lowest BCUT2D eigenvalue weighted by Crippen LogP contribution is -2.54. The van der Waals surface area contributed by atoms with E-state index in [1.165, 1.54) is 17.5 Å². The highest BCUT2D eigenvalue weighted by Gasteiger charge is 2.29. The van der Waals surface area contributed by atoms with Gasteiger partial charge in [-0.25, -0.2) is 15.0 Å². The average molecular weight is 617 g/mol. The van der Waals surface area contributed by atoms with E-state index in [0.717, 1.165) is 5.56 Å². The van der Waals surface area contributed by atoms with Crippen molar-refractivity contribution in [3.8, 4) is 0 Å². The maximum absolute atomic E-state index is 13.6. The van der Waals surface area contributed by atoms with Gasteiger partial charge in [-0.15, -0.1) is 11.3 Å². The van der Waals surface area contributed by atoms with Crippen molar-refractivity contribution in [1.29, 1.82) is 0 Å². The van der Waals surface area contributed by atoms with Crippen LogP contribution in [0.2, 0.25) is 0 Å². The zero-order valence-electron chi connectivity index (χ0n) is 24.9. The second-order valence-corrected chi connectivity index (χ2v) is 11.7. The van der Waals surface area contributed by atoms with E-state index in [1.54, 1.807) is 16.0 Å². The second kappa shape index (κ2) is 13.8. The summed E-state index contributed by atoms with van der Waals surface area (Å²) in [5.74, 6) is -0.897. The molecule has 0 spiro atoms. The molecule has 3 aromatic heterocycles. The zero-order chi connectivity index (χ0) is 31.2. The van der Waals surface area contributed by atoms with E-state index in [0.29, 0.717) is 71.9 Å². The minimum absolute atomic E-state index is 0.295. The fourth-order valence-corrected chi connectivity index (χ4v) is 5.99. The molecule has 230 valence electrons. The normalized spacial score (nSPS) is 20.1. The molecule has 0 unspecified atom stereocenters. The van der Waals surface area contributed by atoms with E-state index in [4.69, 9.17) is 0 Å². The zero-order valence-corrected chi connectivity index (χ0v) is 25.7. The van der Waals surface area contributed by atoms with E-state index in [2.05, 4.69) is 36.2 Å². The van der Waals surface area contributed by atoms with Gasteiger partial charge in [0.1, 0.15) is 34.1 Å². The number of hydrogen-bond donors (Lipinski definition) is 4. The van der Waals surface area contributed by atoms with Crippen molar-refractivity contribution in [2.45, 2.75) is 64.1 Å². The highest BCUT2D eigenvalue weighted by atomic mass is 32.1. The van der Waals surface area contributed by atoms with Crippen LogP contribution in [0.25, 0.3) is 11.2 Å². The lowest BCUT2D eigenvalue weighted by Gasteiger charge is -2.25. The molecule has 5 rings (SSSR count). The monoisotopic (exact) mass is 616 g/mol. The van der Waals surface area contributed by atoms with Crippen molar-refractivity contribution in [2.75, 3.05) is 6.54 Å². The first kappa shape index (κ1) is 30.8. The molecular formula is C31H36N8O4S. The Balaban J connectivity index is 1.39. The van der Waals surface area contributed by atoms with Crippen molar-refractivity contribution in [3.63, 3.8) is 0 Å². The Bertz CT molecular complexity index is 1670. The third kappa shape index (κ3) is 6.94. The van der Waals surface area contributed by atoms with Gasteiger partial charge in [0.05, 0.1) is 11.6 Å². The molecule has 3 atom stereocenters. The van der Waals surface area contributed by atoms with E-state index in [1.807, 2.05) is 51.2 Å². The maximum Gasteiger partial charge on any atom is 0.270 e. The molecule has 1 aliphatic rings. The summed E-state index contributed by atoms with van der Waals surface area (Å²) in [6, 6.07) is 8.98. The molecule has 0 radical (unpaired) electrons. The number of carbonyl (C=O) groups excluding carboxylic acids is 4. The van der Waals surface area contributed by atoms with Gasteiger partial charge in [0, 0.05) is 25.2 Å². The molecule has 12 nitrogen and oxygen atoms in total. The van der Waals surface area contributed by atoms with E-state index < -0.39 is 29.9 Å². The number of nitrogens with zero attached hydrogens (tertiary/aromatic N) is 4. The molecule has 0 saturated heterocycles. The van der Waals surface area contributed by atoms with Crippen LogP contribution in [0, 0.1) is 6.92 Å². The first-order valence-corrected chi connectivity index (χ1v) is 15.6. The molecule has 4 N–H and O–H groups in total. The molecule has 4 aromatic rings. The molecule has 0 fully saturated rings. The van der Waals surface area contributed by atoms with Crippen molar-refractivity contribution >= 4 is 46.1 Å². The molecule has 13 heteroatoms. The smallest absolute Gasteiger partial charge is 0.270 e. The number of hydrogen-bond acceptors (Lipinski definition) is 8. The summed E-state index contributed by atoms with van der Waals surface area (Å²) in [6.07, 6.45) is 3.75. The van der Waals surface area contributed by atoms with Crippen LogP contribution in [-0.4, -0.2) is 61.8 Å². The number of benzene rings is 1. The third-order valence-electron chi connectivity index (χ3n) is 7.75. The van der Waals surface area contributed by atoms with E-state index >= 15 is 0 Å². The molecule has 4 amide bonds. The summed E-state index contributed by atoms with van der Waals surface area (Å²) in [6.45, 7) is 4.02. The predicted octanol–water partition coefficient (Wildman–Crippen LogP) is 2.74. The first-order valence-electron chi connectivity index (χ1n) is 14.7. The quantitative estimate of drug-likeness (QED) is 0.268. The number of carbonyl (C=O) groups is 4. The van der Waals surface area contributed by atoms with Crippen LogP contribution in [0.15, 0.2) is 48.0 Å². The second-order valence-electron chi connectivity index (χ2n) is 10.8. The number of imidazole rings is 1. The van der Waals surface area contributed by atoms with Crippen molar-refractivity contribution < 1.29 is 19.2 Å². The standard InChI is InChI=1S/C31H36N8O4S/c1-4-21-29(42)37-23(16-19-10-6-5-7-11-19)31-38-24(17-44-31)28(41)33-14-9-8-12-22(30(43)35-21)36-27(40)20-13-15-32-26-25(20)34-18(2)39(26)3/h5-7,10-11,13,15,17,21-23H,4,8-9,12,14,16H2,1-3H3,(H,33,41)(H,35,43)(H,36,40)(H,37,42)/t21-,22+,23+/m1/s1. The number of aryl methyl sites for hydroxylation is 2. The number of thiazole rings is 1. The lowest BCUT2D eigenvalue weighted by molar-refractivity contribution is -0.130. The number of rotatable bonds is 5. The Kier molecular flexibility index (Phi) is 9.63. The van der Waals surface area contributed by atoms with Crippen molar-refractivity contribution in [2.24, 2.45) is 7.05 Å². The molecule has 1 aliphatic heterocycles. The Morgan fingerprint density at radius 1 is 1.05 bits per heavy atom. The van der Waals surface area contributed by atoms with Gasteiger partial charge < -0.3 is 25.8 Å². The van der Waals surface area contributed by atoms with Gasteiger partial charge in [0.25, 0.3) is 11.8 Å². The molecule has 44 heavy (non-hydrogen) atoms. The summed E-state index contributed by atoms with van der Waals surface area (Å²) < 4.78 is 1.79. The Hall–Kier alpha value is -4.65. The number of pyridine rings is 1. The first-order chi connectivity index (χ1) is 21.2. The Morgan fingerprint density at radius 3 is 2.59 bits per heavy atom. The highest BCUT2D eigenvalue weighted by molar-refractivity contribution is 7.09. The van der Waals surface area contributed by atoms with Crippen molar-refractivity contribution in [1.82, 2.24) is 40.8 Å². The molecule has 1 aromatic carbocycles. The predicted molar refractivity (Wildman–Crippen MR) is 166 cm³/mol. The SMILES string of the molecule is CC[C@H]1NC(=O)[C@@H](NC(=O)c2ccnc3c2nc(C)n3C)CCCCNC(=O)c2csc(n2)[C@H](Cc2ccccc2)NC1=O. The van der Waals surface area contributed by atoms with Crippen LogP contribution in [0.1, 0.15) is 75.9 Å². The van der Waals surface area contributed by atoms with Crippen LogP contribution in [-0.2, 0) is 23.1 Å². The van der Waals surface area contributed by atoms with Gasteiger partial charge in [-0.1, -0.05) is 37.3 Å². The maximum atomic E-state index is 13.6. The summed E-state index contributed by atoms with van der Waals surface area (Å²) in [5, 5.41) is 13.9. The van der Waals surface area contributed by atoms with Gasteiger partial charge >= 0.3 is 0 Å². The summed E-state index contributed by atoms with van der Waals surface area (Å²) in [4.78, 5) is 66.9. The minimum Gasteiger partial charge on any atom is -0.351 e. The molecule has 4 heterocycles. The molecule has 2 bridgehead atoms. The van der Waals surface area contributed by atoms with E-state index in [9.17, 15) is 19.2 Å². The summed E-state index contributed by atoms with van der Waals surface area (Å²) in [5.41, 5.74) is 2.60. The van der Waals surface area contributed by atoms with Crippen LogP contribution >= 0.6 is 11.3 Å². The van der Waals surface area contributed by atoms with Crippen LogP contribution in [0.4, 0.5) is 0 Å². The average Bonchev–Trinajstić information content (AvgIpc) is 3.63. The Morgan fingerprint density at radius 2 is 1.82 bits per heavy atom. The fourth-order valence-electron chi connectivity index (χ4n) is 5.14. The lowest BCUT2D eigenvalue weighted by atomic mass is 10.0. The third-order valence-corrected chi connectivity index (χ3v) is 8.70. The van der Waals surface area contributed by atoms with Crippen LogP contribution in [0.5, 0.6) is 0 Å². The number of aromatic nitrogens is 4. The van der Waals surface area contributed by atoms with Gasteiger partial charge in [-0.3, -0.25) is 19.2 Å². The number of fused-ring (bicyclic) bond motifs is 3. The summed E-state index contributed by atoms with van der Waals surface area (Å²) >= 11 is 1.31. The molecule has 0 aliphatic carbocycles. The number of amides is 4. The molecular weight excluding hydrogens is 580 g/mol. The van der Waals surface area contributed by atoms with E-state index in [-0.39, 0.29) is 11.8 Å². The topological polar surface area (TPSA) is 160 Å². The largest absolute Gasteiger partial charge is 0.351 e. The van der Waals surface area contributed by atoms with Crippen LogP contribution < -0.4 is 21.3 Å². The van der Waals surface area contributed by atoms with Gasteiger partial charge in [0.2, 0.25) is 11.8 Å². The molecule has 0 saturated carbocycles. The van der Waals surface area contributed by atoms with Crippen molar-refractivity contribution in [3.05, 3.63) is 75.6 Å². The highest BCUT2D eigenvalue weighted by Crippen LogP contribution is 2.23. The van der Waals surface area contributed by atoms with Gasteiger partial charge in [0.15, 0.2) is 5.65 Å². The van der Waals surface area contributed by atoms with Gasteiger partial charge in [-0.05, 0) is 50.7 Å². The Labute approximate surface area is 259 Å². The fraction of sp³-hybridized carbons (Fsp3) is 0.387.